The van der Waals surface area contributed by atoms with E-state index in [-0.39, 0.29) is 11.3 Å². The average molecular weight is 211 g/mol. The molecule has 1 heterocycles. The van der Waals surface area contributed by atoms with Crippen LogP contribution in [0, 0.1) is 0 Å². The summed E-state index contributed by atoms with van der Waals surface area (Å²) in [4.78, 5) is 4.23. The molecule has 3 heteroatoms. The third-order valence-corrected chi connectivity index (χ3v) is 6.59. The van der Waals surface area contributed by atoms with Crippen molar-refractivity contribution in [1.29, 1.82) is 0 Å². The Bertz CT molecular complexity index is 320. The number of hydrogen-bond donors (Lipinski definition) is 0. The fraction of sp³-hybridized carbons (Fsp3) is 0.545. The lowest BCUT2D eigenvalue weighted by atomic mass is 10.5. The maximum absolute atomic E-state index is 12.8. The van der Waals surface area contributed by atoms with Crippen LogP contribution in [0.15, 0.2) is 24.4 Å². The fourth-order valence-corrected chi connectivity index (χ4v) is 4.50. The molecular formula is C11H18NOP. The average Bonchev–Trinajstić information content (AvgIpc) is 2.17. The van der Waals surface area contributed by atoms with E-state index in [4.69, 9.17) is 0 Å². The fourth-order valence-electron chi connectivity index (χ4n) is 1.69. The molecule has 0 spiro atoms. The van der Waals surface area contributed by atoms with E-state index in [2.05, 4.69) is 4.98 Å². The second-order valence-electron chi connectivity index (χ2n) is 4.08. The van der Waals surface area contributed by atoms with Crippen LogP contribution < -0.4 is 5.44 Å². The summed E-state index contributed by atoms with van der Waals surface area (Å²) in [6, 6.07) is 5.63. The van der Waals surface area contributed by atoms with Crippen LogP contribution in [0.25, 0.3) is 0 Å². The van der Waals surface area contributed by atoms with E-state index in [1.807, 2.05) is 45.9 Å². The topological polar surface area (TPSA) is 30.0 Å². The Morgan fingerprint density at radius 1 is 1.14 bits per heavy atom. The Balaban J connectivity index is 3.21. The lowest BCUT2D eigenvalue weighted by Crippen LogP contribution is -2.21. The van der Waals surface area contributed by atoms with Crippen LogP contribution in [0.3, 0.4) is 0 Å². The second kappa shape index (κ2) is 4.27. The molecule has 1 aromatic rings. The number of aromatic nitrogens is 1. The first-order valence-corrected chi connectivity index (χ1v) is 6.85. The predicted molar refractivity (Wildman–Crippen MR) is 61.7 cm³/mol. The lowest BCUT2D eigenvalue weighted by molar-refractivity contribution is 0.568. The summed E-state index contributed by atoms with van der Waals surface area (Å²) in [5, 5.41) is 0. The van der Waals surface area contributed by atoms with Crippen LogP contribution in [0.4, 0.5) is 0 Å². The van der Waals surface area contributed by atoms with Gasteiger partial charge in [-0.25, -0.2) is 0 Å². The third-order valence-electron chi connectivity index (χ3n) is 2.54. The summed E-state index contributed by atoms with van der Waals surface area (Å²) in [7, 11) is -2.33. The monoisotopic (exact) mass is 211 g/mol. The first-order valence-electron chi connectivity index (χ1n) is 5.00. The molecule has 78 valence electrons. The maximum atomic E-state index is 12.8. The lowest BCUT2D eigenvalue weighted by Gasteiger charge is -2.25. The molecule has 0 unspecified atom stereocenters. The van der Waals surface area contributed by atoms with E-state index in [0.717, 1.165) is 5.44 Å². The van der Waals surface area contributed by atoms with Crippen molar-refractivity contribution in [2.75, 3.05) is 0 Å². The highest BCUT2D eigenvalue weighted by Crippen LogP contribution is 2.52. The molecule has 0 aromatic carbocycles. The summed E-state index contributed by atoms with van der Waals surface area (Å²) in [5.41, 5.74) is 1.10. The molecule has 14 heavy (non-hydrogen) atoms. The Hall–Kier alpha value is -0.620. The minimum absolute atomic E-state index is 0.164. The van der Waals surface area contributed by atoms with Crippen molar-refractivity contribution >= 4 is 12.6 Å². The van der Waals surface area contributed by atoms with Crippen LogP contribution in [0.1, 0.15) is 27.7 Å². The highest BCUT2D eigenvalue weighted by molar-refractivity contribution is 7.72. The van der Waals surface area contributed by atoms with Gasteiger partial charge in [0.1, 0.15) is 12.6 Å². The van der Waals surface area contributed by atoms with E-state index >= 15 is 0 Å². The minimum atomic E-state index is -2.33. The van der Waals surface area contributed by atoms with E-state index in [1.54, 1.807) is 6.20 Å². The molecule has 0 aliphatic carbocycles. The maximum Gasteiger partial charge on any atom is 0.137 e. The van der Waals surface area contributed by atoms with Gasteiger partial charge in [-0.3, -0.25) is 4.98 Å². The molecule has 1 aromatic heterocycles. The Kier molecular flexibility index (Phi) is 3.49. The molecular weight excluding hydrogens is 193 g/mol. The van der Waals surface area contributed by atoms with Crippen molar-refractivity contribution in [1.82, 2.24) is 4.98 Å². The van der Waals surface area contributed by atoms with Crippen molar-refractivity contribution < 1.29 is 4.57 Å². The van der Waals surface area contributed by atoms with Crippen molar-refractivity contribution in [2.24, 2.45) is 0 Å². The third kappa shape index (κ3) is 1.90. The molecule has 0 amide bonds. The predicted octanol–water partition coefficient (Wildman–Crippen LogP) is 2.89. The van der Waals surface area contributed by atoms with Crippen molar-refractivity contribution in [3.8, 4) is 0 Å². The van der Waals surface area contributed by atoms with Gasteiger partial charge in [0.25, 0.3) is 0 Å². The van der Waals surface area contributed by atoms with Crippen LogP contribution in [0.5, 0.6) is 0 Å². The second-order valence-corrected chi connectivity index (χ2v) is 8.03. The molecule has 0 fully saturated rings. The van der Waals surface area contributed by atoms with Crippen molar-refractivity contribution in [2.45, 2.75) is 39.0 Å². The molecule has 0 radical (unpaired) electrons. The van der Waals surface area contributed by atoms with Crippen molar-refractivity contribution in [3.05, 3.63) is 24.4 Å². The molecule has 1 rings (SSSR count). The summed E-state index contributed by atoms with van der Waals surface area (Å²) in [6.45, 7) is 8.04. The van der Waals surface area contributed by atoms with Gasteiger partial charge in [-0.15, -0.1) is 0 Å². The zero-order valence-electron chi connectivity index (χ0n) is 9.27. The molecule has 0 aliphatic heterocycles. The Morgan fingerprint density at radius 2 is 1.71 bits per heavy atom. The van der Waals surface area contributed by atoms with Crippen LogP contribution >= 0.6 is 7.14 Å². The zero-order chi connectivity index (χ0) is 10.8. The van der Waals surface area contributed by atoms with Crippen LogP contribution in [-0.4, -0.2) is 16.3 Å². The number of rotatable bonds is 3. The first-order chi connectivity index (χ1) is 6.49. The molecule has 0 bridgehead atoms. The molecule has 0 N–H and O–H groups in total. The summed E-state index contributed by atoms with van der Waals surface area (Å²) >= 11 is 0. The van der Waals surface area contributed by atoms with Gasteiger partial charge < -0.3 is 4.57 Å². The van der Waals surface area contributed by atoms with Gasteiger partial charge in [-0.2, -0.15) is 0 Å². The van der Waals surface area contributed by atoms with E-state index < -0.39 is 7.14 Å². The molecule has 0 saturated heterocycles. The van der Waals surface area contributed by atoms with Crippen LogP contribution in [-0.2, 0) is 4.57 Å². The highest BCUT2D eigenvalue weighted by Gasteiger charge is 2.33. The largest absolute Gasteiger partial charge is 0.316 e. The summed E-state index contributed by atoms with van der Waals surface area (Å²) < 4.78 is 12.8. The standard InChI is InChI=1S/C11H18NOP/c1-9(2)14(13,10(3)4)11-7-5-6-8-12-11/h5-10H,1-4H3. The van der Waals surface area contributed by atoms with E-state index in [0.29, 0.717) is 0 Å². The SMILES string of the molecule is CC(C)P(=O)(c1ccccn1)C(C)C. The van der Waals surface area contributed by atoms with Gasteiger partial charge in [0, 0.05) is 17.5 Å². The molecule has 0 saturated carbocycles. The number of pyridine rings is 1. The Labute approximate surface area is 86.1 Å². The van der Waals surface area contributed by atoms with Crippen molar-refractivity contribution in [3.63, 3.8) is 0 Å². The number of nitrogens with zero attached hydrogens (tertiary/aromatic N) is 1. The quantitative estimate of drug-likeness (QED) is 0.719. The summed E-state index contributed by atoms with van der Waals surface area (Å²) in [6.07, 6.45) is 1.72. The van der Waals surface area contributed by atoms with Gasteiger partial charge >= 0.3 is 0 Å². The number of hydrogen-bond acceptors (Lipinski definition) is 2. The van der Waals surface area contributed by atoms with E-state index in [9.17, 15) is 4.57 Å². The smallest absolute Gasteiger partial charge is 0.137 e. The molecule has 2 nitrogen and oxygen atoms in total. The normalized spacial score (nSPS) is 12.4. The zero-order valence-corrected chi connectivity index (χ0v) is 10.2. The van der Waals surface area contributed by atoms with Crippen LogP contribution in [0.2, 0.25) is 0 Å². The minimum Gasteiger partial charge on any atom is -0.316 e. The molecule has 0 atom stereocenters. The first kappa shape index (κ1) is 11.5. The van der Waals surface area contributed by atoms with Gasteiger partial charge in [-0.05, 0) is 12.1 Å². The van der Waals surface area contributed by atoms with Gasteiger partial charge in [0.2, 0.25) is 0 Å². The molecule has 0 aliphatic rings. The van der Waals surface area contributed by atoms with Gasteiger partial charge in [0.15, 0.2) is 0 Å². The van der Waals surface area contributed by atoms with Gasteiger partial charge in [0.05, 0.1) is 0 Å². The Morgan fingerprint density at radius 3 is 2.07 bits per heavy atom. The summed E-state index contributed by atoms with van der Waals surface area (Å²) in [5.74, 6) is 0. The van der Waals surface area contributed by atoms with Gasteiger partial charge in [-0.1, -0.05) is 33.8 Å². The van der Waals surface area contributed by atoms with E-state index in [1.165, 1.54) is 0 Å². The highest BCUT2D eigenvalue weighted by atomic mass is 31.2.